The number of aromatic nitrogens is 1. The first-order valence-corrected chi connectivity index (χ1v) is 6.09. The van der Waals surface area contributed by atoms with E-state index in [1.165, 1.54) is 12.1 Å². The summed E-state index contributed by atoms with van der Waals surface area (Å²) in [6.07, 6.45) is 0. The zero-order valence-electron chi connectivity index (χ0n) is 10.7. The van der Waals surface area contributed by atoms with Crippen LogP contribution >= 0.6 is 11.6 Å². The first-order valence-electron chi connectivity index (χ1n) is 5.71. The summed E-state index contributed by atoms with van der Waals surface area (Å²) >= 11 is 5.71. The summed E-state index contributed by atoms with van der Waals surface area (Å²) in [6, 6.07) is 6.73. The predicted octanol–water partition coefficient (Wildman–Crippen LogP) is 3.44. The summed E-state index contributed by atoms with van der Waals surface area (Å²) in [5.41, 5.74) is 0.151. The number of carboxylic acid groups (broad SMARTS) is 1. The van der Waals surface area contributed by atoms with Gasteiger partial charge in [-0.05, 0) is 18.6 Å². The SMILES string of the molecule is Cc1cccc([N+](=O)[O-])c1Oc1cc(C(=O)O)cc(Cl)n1. The zero-order chi connectivity index (χ0) is 15.6. The second-order valence-electron chi connectivity index (χ2n) is 4.10. The number of para-hydroxylation sites is 1. The van der Waals surface area contributed by atoms with Gasteiger partial charge in [0.15, 0.2) is 0 Å². The Bertz CT molecular complexity index is 732. The van der Waals surface area contributed by atoms with E-state index in [0.717, 1.165) is 12.1 Å². The Hall–Kier alpha value is -2.67. The van der Waals surface area contributed by atoms with E-state index in [-0.39, 0.29) is 28.0 Å². The molecule has 8 heteroatoms. The number of carboxylic acids is 1. The van der Waals surface area contributed by atoms with Crippen molar-refractivity contribution in [3.63, 3.8) is 0 Å². The van der Waals surface area contributed by atoms with Gasteiger partial charge in [0, 0.05) is 12.1 Å². The van der Waals surface area contributed by atoms with E-state index < -0.39 is 10.9 Å². The first-order chi connectivity index (χ1) is 9.88. The molecule has 2 aromatic rings. The first kappa shape index (κ1) is 14.7. The van der Waals surface area contributed by atoms with Crippen molar-refractivity contribution in [2.75, 3.05) is 0 Å². The summed E-state index contributed by atoms with van der Waals surface area (Å²) in [5, 5.41) is 19.9. The van der Waals surface area contributed by atoms with E-state index in [0.29, 0.717) is 5.56 Å². The standard InChI is InChI=1S/C13H9ClN2O5/c1-7-3-2-4-9(16(19)20)12(7)21-11-6-8(13(17)18)5-10(14)15-11/h2-6H,1H3,(H,17,18). The van der Waals surface area contributed by atoms with Gasteiger partial charge in [0.1, 0.15) is 5.15 Å². The minimum atomic E-state index is -1.21. The van der Waals surface area contributed by atoms with Gasteiger partial charge in [-0.1, -0.05) is 23.7 Å². The lowest BCUT2D eigenvalue weighted by molar-refractivity contribution is -0.385. The number of hydrogen-bond donors (Lipinski definition) is 1. The molecule has 21 heavy (non-hydrogen) atoms. The summed E-state index contributed by atoms with van der Waals surface area (Å²) in [6.45, 7) is 1.63. The average molecular weight is 309 g/mol. The van der Waals surface area contributed by atoms with E-state index in [1.807, 2.05) is 0 Å². The van der Waals surface area contributed by atoms with Gasteiger partial charge in [0.05, 0.1) is 10.5 Å². The van der Waals surface area contributed by atoms with Crippen molar-refractivity contribution in [1.29, 1.82) is 0 Å². The molecule has 1 heterocycles. The lowest BCUT2D eigenvalue weighted by Gasteiger charge is -2.09. The molecule has 2 rings (SSSR count). The molecule has 1 N–H and O–H groups in total. The molecule has 7 nitrogen and oxygen atoms in total. The summed E-state index contributed by atoms with van der Waals surface area (Å²) < 4.78 is 5.37. The van der Waals surface area contributed by atoms with E-state index in [1.54, 1.807) is 13.0 Å². The van der Waals surface area contributed by atoms with Crippen LogP contribution in [0.4, 0.5) is 5.69 Å². The third-order valence-corrected chi connectivity index (χ3v) is 2.81. The zero-order valence-corrected chi connectivity index (χ0v) is 11.5. The smallest absolute Gasteiger partial charge is 0.335 e. The number of halogens is 1. The van der Waals surface area contributed by atoms with Gasteiger partial charge >= 0.3 is 11.7 Å². The highest BCUT2D eigenvalue weighted by Gasteiger charge is 2.19. The van der Waals surface area contributed by atoms with Gasteiger partial charge in [-0.25, -0.2) is 9.78 Å². The van der Waals surface area contributed by atoms with E-state index in [9.17, 15) is 14.9 Å². The Balaban J connectivity index is 2.48. The number of nitro groups is 1. The highest BCUT2D eigenvalue weighted by molar-refractivity contribution is 6.29. The molecule has 0 aliphatic heterocycles. The minimum absolute atomic E-state index is 0.00592. The maximum Gasteiger partial charge on any atom is 0.335 e. The van der Waals surface area contributed by atoms with Crippen LogP contribution in [0.1, 0.15) is 15.9 Å². The topological polar surface area (TPSA) is 103 Å². The molecule has 0 bridgehead atoms. The molecule has 0 amide bonds. The highest BCUT2D eigenvalue weighted by Crippen LogP contribution is 2.34. The number of aryl methyl sites for hydroxylation is 1. The van der Waals surface area contributed by atoms with E-state index >= 15 is 0 Å². The summed E-state index contributed by atoms with van der Waals surface area (Å²) in [4.78, 5) is 25.2. The van der Waals surface area contributed by atoms with Gasteiger partial charge in [-0.2, -0.15) is 0 Å². The number of ether oxygens (including phenoxy) is 1. The Morgan fingerprint density at radius 3 is 2.76 bits per heavy atom. The normalized spacial score (nSPS) is 10.2. The summed E-state index contributed by atoms with van der Waals surface area (Å²) in [5.74, 6) is -1.34. The monoisotopic (exact) mass is 308 g/mol. The molecular weight excluding hydrogens is 300 g/mol. The quantitative estimate of drug-likeness (QED) is 0.527. The van der Waals surface area contributed by atoms with Gasteiger partial charge in [-0.3, -0.25) is 10.1 Å². The molecule has 0 fully saturated rings. The molecule has 108 valence electrons. The van der Waals surface area contributed by atoms with Gasteiger partial charge in [0.2, 0.25) is 11.6 Å². The second-order valence-corrected chi connectivity index (χ2v) is 4.49. The molecule has 0 saturated carbocycles. The van der Waals surface area contributed by atoms with Crippen molar-refractivity contribution < 1.29 is 19.6 Å². The van der Waals surface area contributed by atoms with Gasteiger partial charge < -0.3 is 9.84 Å². The number of carbonyl (C=O) groups is 1. The molecular formula is C13H9ClN2O5. The highest BCUT2D eigenvalue weighted by atomic mass is 35.5. The molecule has 0 atom stereocenters. The van der Waals surface area contributed by atoms with Gasteiger partial charge in [0.25, 0.3) is 0 Å². The number of benzene rings is 1. The average Bonchev–Trinajstić information content (AvgIpc) is 2.40. The van der Waals surface area contributed by atoms with Crippen molar-refractivity contribution in [3.05, 3.63) is 56.7 Å². The third kappa shape index (κ3) is 3.26. The number of nitrogens with zero attached hydrogens (tertiary/aromatic N) is 2. The number of hydrogen-bond acceptors (Lipinski definition) is 5. The van der Waals surface area contributed by atoms with Gasteiger partial charge in [-0.15, -0.1) is 0 Å². The van der Waals surface area contributed by atoms with Crippen LogP contribution in [0.3, 0.4) is 0 Å². The molecule has 1 aromatic heterocycles. The lowest BCUT2D eigenvalue weighted by Crippen LogP contribution is -2.00. The number of rotatable bonds is 4. The van der Waals surface area contributed by atoms with Crippen LogP contribution in [0.25, 0.3) is 0 Å². The van der Waals surface area contributed by atoms with Crippen LogP contribution in [-0.4, -0.2) is 21.0 Å². The molecule has 0 unspecified atom stereocenters. The third-order valence-electron chi connectivity index (χ3n) is 2.61. The number of nitro benzene ring substituents is 1. The Morgan fingerprint density at radius 1 is 1.43 bits per heavy atom. The number of pyridine rings is 1. The Morgan fingerprint density at radius 2 is 2.14 bits per heavy atom. The van der Waals surface area contributed by atoms with Crippen molar-refractivity contribution in [2.24, 2.45) is 0 Å². The van der Waals surface area contributed by atoms with Crippen LogP contribution in [0.15, 0.2) is 30.3 Å². The molecule has 0 aliphatic carbocycles. The van der Waals surface area contributed by atoms with Crippen LogP contribution in [0, 0.1) is 17.0 Å². The van der Waals surface area contributed by atoms with Crippen molar-refractivity contribution in [1.82, 2.24) is 4.98 Å². The van der Waals surface area contributed by atoms with E-state index in [2.05, 4.69) is 4.98 Å². The molecule has 0 radical (unpaired) electrons. The minimum Gasteiger partial charge on any atom is -0.478 e. The van der Waals surface area contributed by atoms with Crippen molar-refractivity contribution >= 4 is 23.3 Å². The van der Waals surface area contributed by atoms with Crippen LogP contribution in [0.5, 0.6) is 11.6 Å². The lowest BCUT2D eigenvalue weighted by atomic mass is 10.2. The maximum atomic E-state index is 11.0. The molecule has 0 spiro atoms. The second kappa shape index (κ2) is 5.76. The molecule has 1 aromatic carbocycles. The van der Waals surface area contributed by atoms with Crippen molar-refractivity contribution in [3.8, 4) is 11.6 Å². The van der Waals surface area contributed by atoms with E-state index in [4.69, 9.17) is 21.4 Å². The van der Waals surface area contributed by atoms with Crippen molar-refractivity contribution in [2.45, 2.75) is 6.92 Å². The fourth-order valence-electron chi connectivity index (χ4n) is 1.67. The Labute approximate surface area is 123 Å². The van der Waals surface area contributed by atoms with Crippen LogP contribution in [0.2, 0.25) is 5.15 Å². The Kier molecular flexibility index (Phi) is 4.04. The maximum absolute atomic E-state index is 11.0. The fourth-order valence-corrected chi connectivity index (χ4v) is 1.87. The summed E-state index contributed by atoms with van der Waals surface area (Å²) in [7, 11) is 0. The fraction of sp³-hybridized carbons (Fsp3) is 0.0769. The molecule has 0 saturated heterocycles. The van der Waals surface area contributed by atoms with Crippen LogP contribution in [-0.2, 0) is 0 Å². The largest absolute Gasteiger partial charge is 0.478 e. The number of aromatic carboxylic acids is 1. The van der Waals surface area contributed by atoms with Crippen LogP contribution < -0.4 is 4.74 Å². The molecule has 0 aliphatic rings. The predicted molar refractivity (Wildman–Crippen MR) is 74.1 cm³/mol.